The third-order valence-corrected chi connectivity index (χ3v) is 5.34. The van der Waals surface area contributed by atoms with Crippen LogP contribution in [-0.4, -0.2) is 55.8 Å². The van der Waals surface area contributed by atoms with Crippen LogP contribution in [0.25, 0.3) is 29.2 Å². The molecule has 0 radical (unpaired) electrons. The maximum absolute atomic E-state index is 5.51. The summed E-state index contributed by atoms with van der Waals surface area (Å²) in [5.74, 6) is 2.23. The van der Waals surface area contributed by atoms with E-state index in [0.29, 0.717) is 19.0 Å². The standard InChI is InChI=1S/C24H25N7O/c1-18-4-3-5-20(14-18)21-8-9-31(28-21)24-15-23(30-10-12-32-13-11-30)26-22(27-24)7-6-19-16-25-29(2)17-19/h3-9,14-17H,10-13H2,1-2H3. The topological polar surface area (TPSA) is 73.9 Å². The van der Waals surface area contributed by atoms with Crippen LogP contribution >= 0.6 is 0 Å². The van der Waals surface area contributed by atoms with Crippen molar-refractivity contribution in [3.05, 3.63) is 71.9 Å². The smallest absolute Gasteiger partial charge is 0.159 e. The van der Waals surface area contributed by atoms with Crippen molar-refractivity contribution < 1.29 is 4.74 Å². The number of nitrogens with zero attached hydrogens (tertiary/aromatic N) is 7. The van der Waals surface area contributed by atoms with E-state index in [1.807, 2.05) is 60.7 Å². The normalized spacial score (nSPS) is 14.4. The van der Waals surface area contributed by atoms with Crippen molar-refractivity contribution >= 4 is 18.0 Å². The molecule has 4 aromatic rings. The number of benzene rings is 1. The maximum Gasteiger partial charge on any atom is 0.159 e. The molecular weight excluding hydrogens is 402 g/mol. The van der Waals surface area contributed by atoms with Gasteiger partial charge in [-0.1, -0.05) is 23.8 Å². The Labute approximate surface area is 186 Å². The lowest BCUT2D eigenvalue weighted by atomic mass is 10.1. The second-order valence-electron chi connectivity index (χ2n) is 7.84. The van der Waals surface area contributed by atoms with Crippen LogP contribution in [0.15, 0.2) is 55.0 Å². The molecule has 1 aromatic carbocycles. The largest absolute Gasteiger partial charge is 0.378 e. The minimum Gasteiger partial charge on any atom is -0.378 e. The molecule has 8 heteroatoms. The molecule has 32 heavy (non-hydrogen) atoms. The van der Waals surface area contributed by atoms with E-state index >= 15 is 0 Å². The second-order valence-corrected chi connectivity index (χ2v) is 7.84. The summed E-state index contributed by atoms with van der Waals surface area (Å²) in [6.45, 7) is 5.07. The highest BCUT2D eigenvalue weighted by molar-refractivity contribution is 5.67. The molecule has 5 rings (SSSR count). The first kappa shape index (κ1) is 20.1. The van der Waals surface area contributed by atoms with Crippen LogP contribution in [0.5, 0.6) is 0 Å². The summed E-state index contributed by atoms with van der Waals surface area (Å²) in [4.78, 5) is 11.8. The monoisotopic (exact) mass is 427 g/mol. The number of hydrogen-bond donors (Lipinski definition) is 0. The van der Waals surface area contributed by atoms with Gasteiger partial charge in [0.1, 0.15) is 5.82 Å². The maximum atomic E-state index is 5.51. The molecule has 0 bridgehead atoms. The molecular formula is C24H25N7O. The number of aryl methyl sites for hydroxylation is 2. The zero-order valence-corrected chi connectivity index (χ0v) is 18.2. The SMILES string of the molecule is Cc1cccc(-c2ccn(-c3cc(N4CCOCC4)nc(C=Cc4cnn(C)c4)n3)n2)c1. The van der Waals surface area contributed by atoms with Crippen molar-refractivity contribution in [1.82, 2.24) is 29.5 Å². The molecule has 8 nitrogen and oxygen atoms in total. The lowest BCUT2D eigenvalue weighted by molar-refractivity contribution is 0.122. The predicted octanol–water partition coefficient (Wildman–Crippen LogP) is 3.38. The Morgan fingerprint density at radius 1 is 1.00 bits per heavy atom. The van der Waals surface area contributed by atoms with Gasteiger partial charge in [0.15, 0.2) is 11.6 Å². The van der Waals surface area contributed by atoms with Crippen molar-refractivity contribution in [3.8, 4) is 17.1 Å². The summed E-state index contributed by atoms with van der Waals surface area (Å²) < 4.78 is 9.09. The molecule has 3 aromatic heterocycles. The van der Waals surface area contributed by atoms with Gasteiger partial charge in [-0.3, -0.25) is 4.68 Å². The lowest BCUT2D eigenvalue weighted by Gasteiger charge is -2.28. The molecule has 0 unspecified atom stereocenters. The van der Waals surface area contributed by atoms with Crippen LogP contribution in [0.1, 0.15) is 17.0 Å². The highest BCUT2D eigenvalue weighted by Gasteiger charge is 2.16. The van der Waals surface area contributed by atoms with E-state index in [2.05, 4.69) is 35.1 Å². The summed E-state index contributed by atoms with van der Waals surface area (Å²) in [6, 6.07) is 12.3. The van der Waals surface area contributed by atoms with Crippen LogP contribution in [0, 0.1) is 6.92 Å². The second kappa shape index (κ2) is 8.76. The van der Waals surface area contributed by atoms with Crippen LogP contribution in [0.2, 0.25) is 0 Å². The first-order valence-electron chi connectivity index (χ1n) is 10.7. The molecule has 0 saturated carbocycles. The quantitative estimate of drug-likeness (QED) is 0.486. The zero-order chi connectivity index (χ0) is 21.9. The highest BCUT2D eigenvalue weighted by atomic mass is 16.5. The van der Waals surface area contributed by atoms with E-state index in [9.17, 15) is 0 Å². The van der Waals surface area contributed by atoms with Crippen molar-refractivity contribution in [2.24, 2.45) is 7.05 Å². The van der Waals surface area contributed by atoms with Crippen LogP contribution in [0.3, 0.4) is 0 Å². The van der Waals surface area contributed by atoms with E-state index in [1.165, 1.54) is 5.56 Å². The minimum absolute atomic E-state index is 0.625. The van der Waals surface area contributed by atoms with Crippen LogP contribution in [0.4, 0.5) is 5.82 Å². The number of morpholine rings is 1. The van der Waals surface area contributed by atoms with Gasteiger partial charge in [0.05, 0.1) is 25.1 Å². The number of anilines is 1. The van der Waals surface area contributed by atoms with Gasteiger partial charge in [0.2, 0.25) is 0 Å². The Kier molecular flexibility index (Phi) is 5.51. The molecule has 0 spiro atoms. The van der Waals surface area contributed by atoms with E-state index in [1.54, 1.807) is 4.68 Å². The summed E-state index contributed by atoms with van der Waals surface area (Å²) in [5, 5.41) is 9.00. The third kappa shape index (κ3) is 4.45. The highest BCUT2D eigenvalue weighted by Crippen LogP contribution is 2.22. The Morgan fingerprint density at radius 2 is 1.84 bits per heavy atom. The van der Waals surface area contributed by atoms with Crippen LogP contribution in [-0.2, 0) is 11.8 Å². The molecule has 1 saturated heterocycles. The van der Waals surface area contributed by atoms with Gasteiger partial charge in [-0.2, -0.15) is 10.2 Å². The molecule has 1 aliphatic rings. The average molecular weight is 428 g/mol. The van der Waals surface area contributed by atoms with Gasteiger partial charge in [0.25, 0.3) is 0 Å². The van der Waals surface area contributed by atoms with Gasteiger partial charge in [0, 0.05) is 49.7 Å². The Morgan fingerprint density at radius 3 is 2.62 bits per heavy atom. The number of ether oxygens (including phenoxy) is 1. The van der Waals surface area contributed by atoms with Crippen molar-refractivity contribution in [2.45, 2.75) is 6.92 Å². The predicted molar refractivity (Wildman–Crippen MR) is 124 cm³/mol. The van der Waals surface area contributed by atoms with Crippen molar-refractivity contribution in [1.29, 1.82) is 0 Å². The molecule has 0 amide bonds. The zero-order valence-electron chi connectivity index (χ0n) is 18.2. The van der Waals surface area contributed by atoms with E-state index in [4.69, 9.17) is 19.8 Å². The molecule has 0 N–H and O–H groups in total. The minimum atomic E-state index is 0.625. The summed E-state index contributed by atoms with van der Waals surface area (Å²) in [6.07, 6.45) is 9.58. The third-order valence-electron chi connectivity index (χ3n) is 5.34. The van der Waals surface area contributed by atoms with Gasteiger partial charge >= 0.3 is 0 Å². The summed E-state index contributed by atoms with van der Waals surface area (Å²) in [5.41, 5.74) is 4.20. The fraction of sp³-hybridized carbons (Fsp3) is 0.250. The van der Waals surface area contributed by atoms with Crippen molar-refractivity contribution in [2.75, 3.05) is 31.2 Å². The summed E-state index contributed by atoms with van der Waals surface area (Å²) in [7, 11) is 1.90. The fourth-order valence-electron chi connectivity index (χ4n) is 3.69. The van der Waals surface area contributed by atoms with Gasteiger partial charge in [-0.25, -0.2) is 14.6 Å². The first-order valence-corrected chi connectivity index (χ1v) is 10.7. The number of rotatable bonds is 5. The molecule has 0 aliphatic carbocycles. The first-order chi connectivity index (χ1) is 15.6. The van der Waals surface area contributed by atoms with Gasteiger partial charge in [-0.05, 0) is 31.2 Å². The molecule has 1 aliphatic heterocycles. The molecule has 1 fully saturated rings. The Bertz CT molecular complexity index is 1250. The Balaban J connectivity index is 1.51. The number of aromatic nitrogens is 6. The number of hydrogen-bond acceptors (Lipinski definition) is 6. The van der Waals surface area contributed by atoms with Gasteiger partial charge in [-0.15, -0.1) is 0 Å². The summed E-state index contributed by atoms with van der Waals surface area (Å²) >= 11 is 0. The van der Waals surface area contributed by atoms with E-state index < -0.39 is 0 Å². The fourth-order valence-corrected chi connectivity index (χ4v) is 3.69. The lowest BCUT2D eigenvalue weighted by Crippen LogP contribution is -2.37. The van der Waals surface area contributed by atoms with E-state index in [0.717, 1.165) is 41.5 Å². The molecule has 4 heterocycles. The van der Waals surface area contributed by atoms with Gasteiger partial charge < -0.3 is 9.64 Å². The Hall–Kier alpha value is -3.78. The average Bonchev–Trinajstić information content (AvgIpc) is 3.48. The van der Waals surface area contributed by atoms with Crippen LogP contribution < -0.4 is 4.90 Å². The molecule has 162 valence electrons. The van der Waals surface area contributed by atoms with Crippen molar-refractivity contribution in [3.63, 3.8) is 0 Å². The molecule has 0 atom stereocenters. The van der Waals surface area contributed by atoms with E-state index in [-0.39, 0.29) is 0 Å².